The van der Waals surface area contributed by atoms with E-state index in [0.29, 0.717) is 68.0 Å². The standard InChI is InChI=1S/C28H37N3O4/c1-22-8-6-13-30(22)14-7-19-35-26-12-11-24(20-27(26)34-2)25(32)21-29-15-17-31(18-16-29)28(33)23-9-4-3-5-10-23/h3-5,9-12,20,22H,6-8,13-19,21H2,1-2H3. The highest BCUT2D eigenvalue weighted by Crippen LogP contribution is 2.29. The Balaban J connectivity index is 1.24. The van der Waals surface area contributed by atoms with Crippen LogP contribution in [0.4, 0.5) is 0 Å². The number of carbonyl (C=O) groups is 2. The molecule has 1 atom stereocenters. The molecular weight excluding hydrogens is 442 g/mol. The number of amides is 1. The van der Waals surface area contributed by atoms with Gasteiger partial charge in [-0.25, -0.2) is 0 Å². The Labute approximate surface area is 208 Å². The van der Waals surface area contributed by atoms with Crippen molar-refractivity contribution in [2.45, 2.75) is 32.2 Å². The topological polar surface area (TPSA) is 62.3 Å². The Hall–Kier alpha value is -2.90. The summed E-state index contributed by atoms with van der Waals surface area (Å²) < 4.78 is 11.5. The maximum absolute atomic E-state index is 12.9. The van der Waals surface area contributed by atoms with Crippen molar-refractivity contribution in [2.24, 2.45) is 0 Å². The molecule has 4 rings (SSSR count). The van der Waals surface area contributed by atoms with Crippen molar-refractivity contribution in [3.63, 3.8) is 0 Å². The first kappa shape index (κ1) is 25.2. The minimum Gasteiger partial charge on any atom is -0.493 e. The molecule has 2 heterocycles. The van der Waals surface area contributed by atoms with Gasteiger partial charge in [0.05, 0.1) is 20.3 Å². The first-order chi connectivity index (χ1) is 17.0. The molecule has 0 aliphatic carbocycles. The van der Waals surface area contributed by atoms with Crippen molar-refractivity contribution >= 4 is 11.7 Å². The number of hydrogen-bond acceptors (Lipinski definition) is 6. The van der Waals surface area contributed by atoms with E-state index in [1.165, 1.54) is 19.4 Å². The summed E-state index contributed by atoms with van der Waals surface area (Å²) in [5.74, 6) is 1.35. The molecule has 0 saturated carbocycles. The van der Waals surface area contributed by atoms with E-state index in [-0.39, 0.29) is 11.7 Å². The monoisotopic (exact) mass is 479 g/mol. The molecule has 2 aromatic rings. The number of nitrogens with zero attached hydrogens (tertiary/aromatic N) is 3. The van der Waals surface area contributed by atoms with Crippen LogP contribution in [0.15, 0.2) is 48.5 Å². The number of ether oxygens (including phenoxy) is 2. The molecule has 7 nitrogen and oxygen atoms in total. The van der Waals surface area contributed by atoms with E-state index in [1.54, 1.807) is 13.2 Å². The third-order valence-corrected chi connectivity index (χ3v) is 7.07. The van der Waals surface area contributed by atoms with Crippen molar-refractivity contribution in [1.82, 2.24) is 14.7 Å². The van der Waals surface area contributed by atoms with E-state index in [4.69, 9.17) is 9.47 Å². The number of likely N-dealkylation sites (tertiary alicyclic amines) is 1. The van der Waals surface area contributed by atoms with Gasteiger partial charge in [-0.3, -0.25) is 14.5 Å². The summed E-state index contributed by atoms with van der Waals surface area (Å²) in [5.41, 5.74) is 1.32. The number of piperazine rings is 1. The normalized spacial score (nSPS) is 19.0. The lowest BCUT2D eigenvalue weighted by Gasteiger charge is -2.34. The smallest absolute Gasteiger partial charge is 0.253 e. The minimum absolute atomic E-state index is 0.0423. The maximum atomic E-state index is 12.9. The zero-order valence-electron chi connectivity index (χ0n) is 20.9. The van der Waals surface area contributed by atoms with Gasteiger partial charge in [0.2, 0.25) is 0 Å². The molecule has 2 aliphatic heterocycles. The third kappa shape index (κ3) is 6.61. The molecule has 0 spiro atoms. The number of methoxy groups -OCH3 is 1. The SMILES string of the molecule is COc1cc(C(=O)CN2CCN(C(=O)c3ccccc3)CC2)ccc1OCCCN1CCCC1C. The third-order valence-electron chi connectivity index (χ3n) is 7.07. The highest BCUT2D eigenvalue weighted by molar-refractivity contribution is 5.98. The zero-order chi connectivity index (χ0) is 24.6. The van der Waals surface area contributed by atoms with E-state index in [9.17, 15) is 9.59 Å². The van der Waals surface area contributed by atoms with Crippen LogP contribution in [0.1, 0.15) is 46.9 Å². The van der Waals surface area contributed by atoms with Crippen LogP contribution in [0.5, 0.6) is 11.5 Å². The summed E-state index contributed by atoms with van der Waals surface area (Å²) in [6, 6.07) is 15.4. The second-order valence-electron chi connectivity index (χ2n) is 9.45. The lowest BCUT2D eigenvalue weighted by Crippen LogP contribution is -2.49. The molecular formula is C28H37N3O4. The van der Waals surface area contributed by atoms with Gasteiger partial charge in [0.25, 0.3) is 5.91 Å². The number of rotatable bonds is 10. The van der Waals surface area contributed by atoms with Crippen molar-refractivity contribution < 1.29 is 19.1 Å². The van der Waals surface area contributed by atoms with Gasteiger partial charge < -0.3 is 19.3 Å². The lowest BCUT2D eigenvalue weighted by molar-refractivity contribution is 0.0624. The molecule has 2 fully saturated rings. The predicted octanol–water partition coefficient (Wildman–Crippen LogP) is 3.59. The fraction of sp³-hybridized carbons (Fsp3) is 0.500. The van der Waals surface area contributed by atoms with Crippen LogP contribution in [0, 0.1) is 0 Å². The highest BCUT2D eigenvalue weighted by Gasteiger charge is 2.24. The van der Waals surface area contributed by atoms with Gasteiger partial charge in [-0.05, 0) is 63.1 Å². The largest absolute Gasteiger partial charge is 0.493 e. The Bertz CT molecular complexity index is 989. The van der Waals surface area contributed by atoms with E-state index in [2.05, 4.69) is 16.7 Å². The molecule has 35 heavy (non-hydrogen) atoms. The summed E-state index contributed by atoms with van der Waals surface area (Å²) in [4.78, 5) is 32.1. The van der Waals surface area contributed by atoms with Gasteiger partial charge in [-0.15, -0.1) is 0 Å². The van der Waals surface area contributed by atoms with Gasteiger partial charge in [0.15, 0.2) is 17.3 Å². The molecule has 1 amide bonds. The fourth-order valence-electron chi connectivity index (χ4n) is 4.90. The molecule has 2 aromatic carbocycles. The fourth-order valence-corrected chi connectivity index (χ4v) is 4.90. The van der Waals surface area contributed by atoms with Gasteiger partial charge in [0.1, 0.15) is 0 Å². The van der Waals surface area contributed by atoms with Crippen LogP contribution < -0.4 is 9.47 Å². The lowest BCUT2D eigenvalue weighted by atomic mass is 10.1. The zero-order valence-corrected chi connectivity index (χ0v) is 20.9. The first-order valence-corrected chi connectivity index (χ1v) is 12.7. The molecule has 0 N–H and O–H groups in total. The van der Waals surface area contributed by atoms with Gasteiger partial charge in [-0.1, -0.05) is 18.2 Å². The second-order valence-corrected chi connectivity index (χ2v) is 9.45. The van der Waals surface area contributed by atoms with Crippen molar-refractivity contribution in [2.75, 3.05) is 59.5 Å². The molecule has 1 unspecified atom stereocenters. The summed E-state index contributed by atoms with van der Waals surface area (Å²) in [5, 5.41) is 0. The maximum Gasteiger partial charge on any atom is 0.253 e. The minimum atomic E-state index is 0.0423. The average molecular weight is 480 g/mol. The van der Waals surface area contributed by atoms with Crippen LogP contribution in [-0.4, -0.2) is 92.0 Å². The molecule has 188 valence electrons. The predicted molar refractivity (Wildman–Crippen MR) is 136 cm³/mol. The molecule has 2 aliphatic rings. The summed E-state index contributed by atoms with van der Waals surface area (Å²) in [6.07, 6.45) is 3.53. The van der Waals surface area contributed by atoms with E-state index in [0.717, 1.165) is 13.0 Å². The number of carbonyl (C=O) groups excluding carboxylic acids is 2. The van der Waals surface area contributed by atoms with Crippen LogP contribution >= 0.6 is 0 Å². The van der Waals surface area contributed by atoms with Crippen molar-refractivity contribution in [3.8, 4) is 11.5 Å². The number of hydrogen-bond donors (Lipinski definition) is 0. The van der Waals surface area contributed by atoms with E-state index in [1.807, 2.05) is 47.4 Å². The van der Waals surface area contributed by atoms with Crippen molar-refractivity contribution in [3.05, 3.63) is 59.7 Å². The highest BCUT2D eigenvalue weighted by atomic mass is 16.5. The first-order valence-electron chi connectivity index (χ1n) is 12.7. The summed E-state index contributed by atoms with van der Waals surface area (Å²) >= 11 is 0. The molecule has 2 saturated heterocycles. The Morgan fingerprint density at radius 2 is 1.71 bits per heavy atom. The van der Waals surface area contributed by atoms with Crippen LogP contribution in [0.3, 0.4) is 0 Å². The van der Waals surface area contributed by atoms with Crippen LogP contribution in [0.25, 0.3) is 0 Å². The second kappa shape index (κ2) is 12.2. The Morgan fingerprint density at radius 1 is 0.943 bits per heavy atom. The molecule has 0 bridgehead atoms. The molecule has 0 radical (unpaired) electrons. The summed E-state index contributed by atoms with van der Waals surface area (Å²) in [6.45, 7) is 8.06. The van der Waals surface area contributed by atoms with Crippen LogP contribution in [0.2, 0.25) is 0 Å². The van der Waals surface area contributed by atoms with Gasteiger partial charge in [0, 0.05) is 49.9 Å². The number of ketones is 1. The van der Waals surface area contributed by atoms with Crippen molar-refractivity contribution in [1.29, 1.82) is 0 Å². The molecule has 0 aromatic heterocycles. The Morgan fingerprint density at radius 3 is 2.40 bits per heavy atom. The number of benzene rings is 2. The van der Waals surface area contributed by atoms with Gasteiger partial charge >= 0.3 is 0 Å². The van der Waals surface area contributed by atoms with E-state index < -0.39 is 0 Å². The summed E-state index contributed by atoms with van der Waals surface area (Å²) in [7, 11) is 1.60. The average Bonchev–Trinajstić information content (AvgIpc) is 3.31. The quantitative estimate of drug-likeness (QED) is 0.383. The number of Topliss-reactive ketones (excluding diaryl/α,β-unsaturated/α-hetero) is 1. The van der Waals surface area contributed by atoms with E-state index >= 15 is 0 Å². The Kier molecular flexibility index (Phi) is 8.77. The van der Waals surface area contributed by atoms with Crippen LogP contribution in [-0.2, 0) is 0 Å². The molecule has 7 heteroatoms. The van der Waals surface area contributed by atoms with Gasteiger partial charge in [-0.2, -0.15) is 0 Å².